The summed E-state index contributed by atoms with van der Waals surface area (Å²) in [5.41, 5.74) is 4.85. The fourth-order valence-corrected chi connectivity index (χ4v) is 3.24. The number of aromatic nitrogens is 1. The van der Waals surface area contributed by atoms with E-state index in [2.05, 4.69) is 59.1 Å². The van der Waals surface area contributed by atoms with Crippen LogP contribution in [0.3, 0.4) is 0 Å². The molecule has 0 amide bonds. The normalized spacial score (nSPS) is 10.9. The van der Waals surface area contributed by atoms with Crippen molar-refractivity contribution in [1.82, 2.24) is 10.3 Å². The third-order valence-electron chi connectivity index (χ3n) is 2.91. The van der Waals surface area contributed by atoms with E-state index in [1.54, 1.807) is 11.3 Å². The molecule has 0 aliphatic rings. The van der Waals surface area contributed by atoms with E-state index in [1.165, 1.54) is 26.0 Å². The average molecular weight is 325 g/mol. The summed E-state index contributed by atoms with van der Waals surface area (Å²) < 4.78 is 1.19. The van der Waals surface area contributed by atoms with E-state index in [9.17, 15) is 0 Å². The molecular weight excluding hydrogens is 308 g/mol. The van der Waals surface area contributed by atoms with Crippen molar-refractivity contribution in [1.29, 1.82) is 0 Å². The second kappa shape index (κ2) is 5.51. The van der Waals surface area contributed by atoms with Gasteiger partial charge in [-0.05, 0) is 51.1 Å². The molecule has 0 spiro atoms. The SMILES string of the molecule is CNCc1sc(-c2cc(C)c(Br)c(C)c2)nc1C. The molecule has 0 aliphatic heterocycles. The molecule has 18 heavy (non-hydrogen) atoms. The molecule has 2 aromatic rings. The van der Waals surface area contributed by atoms with Crippen LogP contribution >= 0.6 is 27.3 Å². The Morgan fingerprint density at radius 1 is 1.22 bits per heavy atom. The molecule has 1 N–H and O–H groups in total. The van der Waals surface area contributed by atoms with E-state index in [-0.39, 0.29) is 0 Å². The molecule has 0 aliphatic carbocycles. The molecule has 2 rings (SSSR count). The first kappa shape index (κ1) is 13.7. The first-order valence-corrected chi connectivity index (χ1v) is 7.52. The Bertz CT molecular complexity index is 552. The Balaban J connectivity index is 2.46. The van der Waals surface area contributed by atoms with E-state index >= 15 is 0 Å². The first-order valence-electron chi connectivity index (χ1n) is 5.91. The third-order valence-corrected chi connectivity index (χ3v) is 5.37. The van der Waals surface area contributed by atoms with Crippen LogP contribution < -0.4 is 5.32 Å². The van der Waals surface area contributed by atoms with Gasteiger partial charge in [0, 0.05) is 21.5 Å². The van der Waals surface area contributed by atoms with Crippen LogP contribution in [0.15, 0.2) is 16.6 Å². The lowest BCUT2D eigenvalue weighted by atomic mass is 10.1. The van der Waals surface area contributed by atoms with Gasteiger partial charge >= 0.3 is 0 Å². The zero-order valence-corrected chi connectivity index (χ0v) is 13.5. The molecular formula is C14H17BrN2S. The second-order valence-corrected chi connectivity index (χ2v) is 6.36. The quantitative estimate of drug-likeness (QED) is 0.914. The maximum atomic E-state index is 4.67. The number of nitrogens with one attached hydrogen (secondary N) is 1. The van der Waals surface area contributed by atoms with Gasteiger partial charge in [0.15, 0.2) is 0 Å². The van der Waals surface area contributed by atoms with E-state index in [4.69, 9.17) is 0 Å². The number of hydrogen-bond donors (Lipinski definition) is 1. The Hall–Kier alpha value is -0.710. The van der Waals surface area contributed by atoms with Crippen LogP contribution in [0.25, 0.3) is 10.6 Å². The van der Waals surface area contributed by atoms with Crippen LogP contribution in [0.5, 0.6) is 0 Å². The topological polar surface area (TPSA) is 24.9 Å². The van der Waals surface area contributed by atoms with Gasteiger partial charge in [-0.25, -0.2) is 4.98 Å². The van der Waals surface area contributed by atoms with Crippen LogP contribution in [0.1, 0.15) is 21.7 Å². The van der Waals surface area contributed by atoms with Crippen LogP contribution in [-0.2, 0) is 6.54 Å². The van der Waals surface area contributed by atoms with Gasteiger partial charge < -0.3 is 5.32 Å². The highest BCUT2D eigenvalue weighted by Gasteiger charge is 2.11. The summed E-state index contributed by atoms with van der Waals surface area (Å²) in [6.07, 6.45) is 0. The van der Waals surface area contributed by atoms with Crippen LogP contribution in [-0.4, -0.2) is 12.0 Å². The van der Waals surface area contributed by atoms with Crippen molar-refractivity contribution in [2.75, 3.05) is 7.05 Å². The van der Waals surface area contributed by atoms with Gasteiger partial charge in [0.1, 0.15) is 5.01 Å². The fraction of sp³-hybridized carbons (Fsp3) is 0.357. The summed E-state index contributed by atoms with van der Waals surface area (Å²) >= 11 is 5.37. The van der Waals surface area contributed by atoms with Gasteiger partial charge in [0.25, 0.3) is 0 Å². The predicted octanol–water partition coefficient (Wildman–Crippen LogP) is 4.22. The minimum Gasteiger partial charge on any atom is -0.315 e. The maximum Gasteiger partial charge on any atom is 0.123 e. The second-order valence-electron chi connectivity index (χ2n) is 4.48. The van der Waals surface area contributed by atoms with Gasteiger partial charge in [-0.1, -0.05) is 15.9 Å². The maximum absolute atomic E-state index is 4.67. The van der Waals surface area contributed by atoms with Crippen LogP contribution in [0, 0.1) is 20.8 Å². The summed E-state index contributed by atoms with van der Waals surface area (Å²) in [6.45, 7) is 7.20. The summed E-state index contributed by atoms with van der Waals surface area (Å²) in [4.78, 5) is 5.99. The smallest absolute Gasteiger partial charge is 0.123 e. The summed E-state index contributed by atoms with van der Waals surface area (Å²) in [6, 6.07) is 4.39. The minimum atomic E-state index is 0.887. The lowest BCUT2D eigenvalue weighted by Gasteiger charge is -2.05. The highest BCUT2D eigenvalue weighted by Crippen LogP contribution is 2.32. The van der Waals surface area contributed by atoms with Crippen LogP contribution in [0.4, 0.5) is 0 Å². The van der Waals surface area contributed by atoms with Gasteiger partial charge in [-0.3, -0.25) is 0 Å². The molecule has 0 radical (unpaired) electrons. The van der Waals surface area contributed by atoms with Crippen molar-refractivity contribution in [2.24, 2.45) is 0 Å². The van der Waals surface area contributed by atoms with Gasteiger partial charge in [0.2, 0.25) is 0 Å². The number of nitrogens with zero attached hydrogens (tertiary/aromatic N) is 1. The largest absolute Gasteiger partial charge is 0.315 e. The molecule has 0 saturated carbocycles. The fourth-order valence-electron chi connectivity index (χ4n) is 1.95. The molecule has 96 valence electrons. The molecule has 2 nitrogen and oxygen atoms in total. The lowest BCUT2D eigenvalue weighted by Crippen LogP contribution is -2.04. The molecule has 0 unspecified atom stereocenters. The summed E-state index contributed by atoms with van der Waals surface area (Å²) in [5.74, 6) is 0. The number of hydrogen-bond acceptors (Lipinski definition) is 3. The number of thiazole rings is 1. The molecule has 0 atom stereocenters. The molecule has 1 aromatic carbocycles. The first-order chi connectivity index (χ1) is 8.52. The van der Waals surface area contributed by atoms with Gasteiger partial charge in [0.05, 0.1) is 5.69 Å². The Morgan fingerprint density at radius 2 is 1.83 bits per heavy atom. The van der Waals surface area contributed by atoms with Crippen LogP contribution in [0.2, 0.25) is 0 Å². The summed E-state index contributed by atoms with van der Waals surface area (Å²) in [7, 11) is 1.97. The monoisotopic (exact) mass is 324 g/mol. The number of halogens is 1. The van der Waals surface area contributed by atoms with Crippen molar-refractivity contribution >= 4 is 27.3 Å². The number of aryl methyl sites for hydroxylation is 3. The highest BCUT2D eigenvalue weighted by atomic mass is 79.9. The van der Waals surface area contributed by atoms with Crippen molar-refractivity contribution in [3.8, 4) is 10.6 Å². The Morgan fingerprint density at radius 3 is 2.39 bits per heavy atom. The third kappa shape index (κ3) is 2.66. The zero-order valence-electron chi connectivity index (χ0n) is 11.1. The van der Waals surface area contributed by atoms with E-state index in [0.717, 1.165) is 17.2 Å². The molecule has 0 fully saturated rings. The van der Waals surface area contributed by atoms with Crippen molar-refractivity contribution in [3.05, 3.63) is 38.3 Å². The molecule has 4 heteroatoms. The Labute approximate surface area is 121 Å². The van der Waals surface area contributed by atoms with Crippen molar-refractivity contribution in [3.63, 3.8) is 0 Å². The van der Waals surface area contributed by atoms with Gasteiger partial charge in [-0.2, -0.15) is 0 Å². The van der Waals surface area contributed by atoms with Crippen molar-refractivity contribution < 1.29 is 0 Å². The molecule has 0 saturated heterocycles. The van der Waals surface area contributed by atoms with Crippen molar-refractivity contribution in [2.45, 2.75) is 27.3 Å². The zero-order chi connectivity index (χ0) is 13.3. The standard InChI is InChI=1S/C14H17BrN2S/c1-8-5-11(6-9(2)13(8)15)14-17-10(3)12(18-14)7-16-4/h5-6,16H,7H2,1-4H3. The van der Waals surface area contributed by atoms with E-state index < -0.39 is 0 Å². The minimum absolute atomic E-state index is 0.887. The average Bonchev–Trinajstić information content (AvgIpc) is 2.68. The number of rotatable bonds is 3. The number of benzene rings is 1. The van der Waals surface area contributed by atoms with Gasteiger partial charge in [-0.15, -0.1) is 11.3 Å². The molecule has 0 bridgehead atoms. The molecule has 1 aromatic heterocycles. The van der Waals surface area contributed by atoms with E-state index in [0.29, 0.717) is 0 Å². The lowest BCUT2D eigenvalue weighted by molar-refractivity contribution is 0.823. The Kier molecular flexibility index (Phi) is 4.20. The highest BCUT2D eigenvalue weighted by molar-refractivity contribution is 9.10. The predicted molar refractivity (Wildman–Crippen MR) is 82.2 cm³/mol. The molecule has 1 heterocycles. The van der Waals surface area contributed by atoms with E-state index in [1.807, 2.05) is 7.05 Å². The summed E-state index contributed by atoms with van der Waals surface area (Å²) in [5, 5.41) is 4.29.